The summed E-state index contributed by atoms with van der Waals surface area (Å²) in [5.74, 6) is -5.75. The Balaban J connectivity index is 1.35. The van der Waals surface area contributed by atoms with Crippen molar-refractivity contribution in [1.82, 2.24) is 30.7 Å². The lowest BCUT2D eigenvalue weighted by atomic mass is 9.94. The Morgan fingerprint density at radius 3 is 2.42 bits per heavy atom. The van der Waals surface area contributed by atoms with E-state index in [1.165, 1.54) is 28.8 Å². The van der Waals surface area contributed by atoms with E-state index in [-0.39, 0.29) is 49.7 Å². The van der Waals surface area contributed by atoms with Crippen LogP contribution in [0, 0.1) is 0 Å². The first-order chi connectivity index (χ1) is 24.8. The second-order valence-corrected chi connectivity index (χ2v) is 13.9. The van der Waals surface area contributed by atoms with Crippen molar-refractivity contribution in [3.8, 4) is 0 Å². The molecule has 1 aromatic carbocycles. The Morgan fingerprint density at radius 2 is 1.81 bits per heavy atom. The number of thioether (sulfide) groups is 2. The van der Waals surface area contributed by atoms with Crippen molar-refractivity contribution < 1.29 is 48.1 Å². The van der Waals surface area contributed by atoms with Crippen molar-refractivity contribution in [2.75, 3.05) is 49.7 Å². The summed E-state index contributed by atoms with van der Waals surface area (Å²) in [6.45, 7) is 1.93. The maximum atomic E-state index is 14.0. The first-order valence-corrected chi connectivity index (χ1v) is 17.9. The van der Waals surface area contributed by atoms with Crippen molar-refractivity contribution in [2.24, 2.45) is 5.73 Å². The molecule has 0 aliphatic carbocycles. The molecule has 5 N–H and O–H groups in total. The SMILES string of the molecule is CCN1CCN(C(=O)NC(C(=O)N[C@]2(NC=O)C(=O)N3C(C(=O)[O-])=C(CSc4cc[n+](N(C)CC(N)=O)cc4)CSC32)c2ccccc2)C(=O)C1=O. The second-order valence-electron chi connectivity index (χ2n) is 11.8. The van der Waals surface area contributed by atoms with Gasteiger partial charge in [-0.2, -0.15) is 5.01 Å². The molecule has 8 amide bonds. The predicted molar refractivity (Wildman–Crippen MR) is 182 cm³/mol. The van der Waals surface area contributed by atoms with Crippen molar-refractivity contribution in [1.29, 1.82) is 0 Å². The molecular formula is C32H35N9O9S2. The topological polar surface area (TPSA) is 239 Å². The first-order valence-electron chi connectivity index (χ1n) is 15.8. The number of carboxylic acid groups (broad SMARTS) is 1. The lowest BCUT2D eigenvalue weighted by Gasteiger charge is -2.57. The first kappa shape index (κ1) is 37.6. The average Bonchev–Trinajstić information content (AvgIpc) is 3.13. The number of piperazine rings is 1. The number of hydrogen-bond donors (Lipinski definition) is 4. The van der Waals surface area contributed by atoms with Crippen LogP contribution >= 0.6 is 23.5 Å². The lowest BCUT2D eigenvalue weighted by molar-refractivity contribution is -0.689. The zero-order valence-electron chi connectivity index (χ0n) is 28.0. The number of carboxylic acids is 1. The standard InChI is InChI=1S/C32H35N9O9S2/c1-3-38-13-14-40(27(46)26(38)45)31(50)35-23(19-7-5-4-6-8-19)25(44)36-32(34-18-42)29(49)41-24(28(47)48)20(17-52-30(32)41)16-51-21-9-11-39(12-10-21)37(2)15-22(33)43/h4-12,18,23,30H,3,13-17H2,1-2H3,(H5-,33,34,35,36,42,43,44,47,48,50)/t23?,30?,32-/m1/s1. The number of primary amides is 1. The van der Waals surface area contributed by atoms with Gasteiger partial charge in [0.2, 0.25) is 36.3 Å². The van der Waals surface area contributed by atoms with Gasteiger partial charge in [-0.1, -0.05) is 35.0 Å². The van der Waals surface area contributed by atoms with Gasteiger partial charge < -0.3 is 36.5 Å². The quantitative estimate of drug-likeness (QED) is 0.0372. The normalized spacial score (nSPS) is 20.4. The number of rotatable bonds is 14. The Kier molecular flexibility index (Phi) is 11.4. The molecule has 1 aromatic heterocycles. The van der Waals surface area contributed by atoms with Crippen LogP contribution in [-0.4, -0.2) is 118 Å². The summed E-state index contributed by atoms with van der Waals surface area (Å²) in [5, 5.41) is 20.3. The number of nitrogens with zero attached hydrogens (tertiary/aromatic N) is 5. The highest BCUT2D eigenvalue weighted by Gasteiger charge is 2.65. The van der Waals surface area contributed by atoms with Gasteiger partial charge in [-0.05, 0) is 18.1 Å². The van der Waals surface area contributed by atoms with Crippen molar-refractivity contribution in [2.45, 2.75) is 28.9 Å². The highest BCUT2D eigenvalue weighted by atomic mass is 32.2. The monoisotopic (exact) mass is 753 g/mol. The summed E-state index contributed by atoms with van der Waals surface area (Å²) < 4.78 is 1.65. The highest BCUT2D eigenvalue weighted by molar-refractivity contribution is 8.01. The molecule has 2 fully saturated rings. The molecule has 52 heavy (non-hydrogen) atoms. The zero-order chi connectivity index (χ0) is 37.7. The molecule has 3 aliphatic heterocycles. The number of benzene rings is 1. The van der Waals surface area contributed by atoms with E-state index in [2.05, 4.69) is 16.0 Å². The number of nitrogens with one attached hydrogen (secondary N) is 3. The molecule has 18 nitrogen and oxygen atoms in total. The minimum atomic E-state index is -2.11. The summed E-state index contributed by atoms with van der Waals surface area (Å²) >= 11 is 2.39. The van der Waals surface area contributed by atoms with Gasteiger partial charge in [-0.15, -0.1) is 23.5 Å². The van der Waals surface area contributed by atoms with E-state index < -0.39 is 64.3 Å². The van der Waals surface area contributed by atoms with Crippen molar-refractivity contribution >= 4 is 71.5 Å². The molecule has 5 rings (SSSR count). The molecule has 0 spiro atoms. The maximum Gasteiger partial charge on any atom is 0.325 e. The van der Waals surface area contributed by atoms with Crippen LogP contribution < -0.4 is 36.5 Å². The highest BCUT2D eigenvalue weighted by Crippen LogP contribution is 2.45. The number of imide groups is 1. The van der Waals surface area contributed by atoms with Crippen LogP contribution in [0.15, 0.2) is 71.0 Å². The third-order valence-corrected chi connectivity index (χ3v) is 11.0. The van der Waals surface area contributed by atoms with Crippen molar-refractivity contribution in [3.05, 3.63) is 71.7 Å². The largest absolute Gasteiger partial charge is 0.543 e. The van der Waals surface area contributed by atoms with Gasteiger partial charge in [0.15, 0.2) is 6.54 Å². The van der Waals surface area contributed by atoms with Gasteiger partial charge in [0, 0.05) is 48.2 Å². The van der Waals surface area contributed by atoms with Crippen molar-refractivity contribution in [3.63, 3.8) is 0 Å². The summed E-state index contributed by atoms with van der Waals surface area (Å²) in [6.07, 6.45) is 3.59. The third kappa shape index (κ3) is 7.38. The maximum absolute atomic E-state index is 14.0. The number of fused-ring (bicyclic) bond motifs is 1. The Hall–Kier alpha value is -5.63. The summed E-state index contributed by atoms with van der Waals surface area (Å²) in [4.78, 5) is 105. The molecule has 3 atom stereocenters. The van der Waals surface area contributed by atoms with Gasteiger partial charge in [0.05, 0.1) is 18.7 Å². The number of carbonyl (C=O) groups excluding carboxylic acids is 8. The molecule has 2 aromatic rings. The Bertz CT molecular complexity index is 1830. The number of aliphatic carboxylic acids is 1. The number of likely N-dealkylation sites (N-methyl/N-ethyl adjacent to an activating group) is 2. The molecule has 0 radical (unpaired) electrons. The van der Waals surface area contributed by atoms with E-state index in [0.717, 1.165) is 21.6 Å². The van der Waals surface area contributed by atoms with Crippen LogP contribution in [0.3, 0.4) is 0 Å². The number of amides is 8. The smallest absolute Gasteiger partial charge is 0.325 e. The van der Waals surface area contributed by atoms with E-state index >= 15 is 0 Å². The third-order valence-electron chi connectivity index (χ3n) is 8.53. The Morgan fingerprint density at radius 1 is 1.12 bits per heavy atom. The van der Waals surface area contributed by atoms with Crippen LogP contribution in [-0.2, 0) is 33.6 Å². The molecule has 2 saturated heterocycles. The Labute approximate surface area is 305 Å². The van der Waals surface area contributed by atoms with E-state index in [1.54, 1.807) is 66.4 Å². The molecule has 20 heteroatoms. The molecule has 4 heterocycles. The van der Waals surface area contributed by atoms with E-state index in [1.807, 2.05) is 0 Å². The minimum Gasteiger partial charge on any atom is -0.543 e. The van der Waals surface area contributed by atoms with Gasteiger partial charge in [-0.25, -0.2) is 4.79 Å². The van der Waals surface area contributed by atoms with Crippen LogP contribution in [0.5, 0.6) is 0 Å². The average molecular weight is 754 g/mol. The summed E-state index contributed by atoms with van der Waals surface area (Å²) in [6, 6.07) is 8.85. The van der Waals surface area contributed by atoms with E-state index in [4.69, 9.17) is 5.73 Å². The van der Waals surface area contributed by atoms with Gasteiger partial charge in [-0.3, -0.25) is 38.6 Å². The van der Waals surface area contributed by atoms with Crippen LogP contribution in [0.1, 0.15) is 18.5 Å². The summed E-state index contributed by atoms with van der Waals surface area (Å²) in [7, 11) is 1.68. The molecule has 2 unspecified atom stereocenters. The number of hydrogen-bond acceptors (Lipinski definition) is 12. The van der Waals surface area contributed by atoms with Gasteiger partial charge >= 0.3 is 17.8 Å². The van der Waals surface area contributed by atoms with E-state index in [9.17, 15) is 43.5 Å². The summed E-state index contributed by atoms with van der Waals surface area (Å²) in [5.41, 5.74) is 3.37. The fourth-order valence-electron chi connectivity index (χ4n) is 5.89. The van der Waals surface area contributed by atoms with Gasteiger partial charge in [0.1, 0.15) is 11.4 Å². The molecule has 274 valence electrons. The number of pyridine rings is 1. The van der Waals surface area contributed by atoms with Gasteiger partial charge in [0.25, 0.3) is 5.91 Å². The van der Waals surface area contributed by atoms with Crippen LogP contribution in [0.4, 0.5) is 4.79 Å². The fourth-order valence-corrected chi connectivity index (χ4v) is 8.34. The number of nitrogens with two attached hydrogens (primary N) is 1. The number of urea groups is 1. The molecule has 0 saturated carbocycles. The number of aromatic nitrogens is 1. The lowest BCUT2D eigenvalue weighted by Crippen LogP contribution is -2.85. The minimum absolute atomic E-state index is 0.0103. The number of carbonyl (C=O) groups is 8. The molecular weight excluding hydrogens is 719 g/mol. The molecule has 3 aliphatic rings. The van der Waals surface area contributed by atoms with Crippen LogP contribution in [0.25, 0.3) is 0 Å². The van der Waals surface area contributed by atoms with Crippen LogP contribution in [0.2, 0.25) is 0 Å². The van der Waals surface area contributed by atoms with E-state index in [0.29, 0.717) is 10.5 Å². The second kappa shape index (κ2) is 15.7. The fraction of sp³-hybridized carbons (Fsp3) is 0.344. The molecule has 0 bridgehead atoms. The zero-order valence-corrected chi connectivity index (χ0v) is 29.6. The number of β-lactam (4-membered cyclic amide) rings is 1. The predicted octanol–water partition coefficient (Wildman–Crippen LogP) is -3.26.